The Kier molecular flexibility index (Phi) is 19.1. The Balaban J connectivity index is 1.28. The Bertz CT molecular complexity index is 4140. The number of fused-ring (bicyclic) bond motifs is 2. The number of carbonyl (C=O) groups is 8. The van der Waals surface area contributed by atoms with Gasteiger partial charge in [-0.3, -0.25) is 29.0 Å². The van der Waals surface area contributed by atoms with Crippen molar-refractivity contribution in [2.45, 2.75) is 92.2 Å². The summed E-state index contributed by atoms with van der Waals surface area (Å²) >= 11 is 11.5. The van der Waals surface area contributed by atoms with E-state index in [4.69, 9.17) is 61.1 Å². The number of hydrogen-bond acceptors (Lipinski definition) is 16. The molecular formula is C74H64Cl2N2O16. The molecule has 20 heteroatoms. The van der Waals surface area contributed by atoms with Crippen molar-refractivity contribution in [3.05, 3.63) is 189 Å². The molecule has 94 heavy (non-hydrogen) atoms. The maximum atomic E-state index is 16.0. The average Bonchev–Trinajstić information content (AvgIpc) is 0.672. The Morgan fingerprint density at radius 2 is 0.638 bits per heavy atom. The van der Waals surface area contributed by atoms with Gasteiger partial charge in [-0.2, -0.15) is 0 Å². The summed E-state index contributed by atoms with van der Waals surface area (Å²) in [6.45, 7) is 16.2. The number of aryl methyl sites for hydroxylation is 4. The van der Waals surface area contributed by atoms with Crippen LogP contribution in [0.25, 0.3) is 43.1 Å². The summed E-state index contributed by atoms with van der Waals surface area (Å²) in [6.07, 6.45) is 1.82. The predicted molar refractivity (Wildman–Crippen MR) is 354 cm³/mol. The van der Waals surface area contributed by atoms with Crippen LogP contribution >= 0.6 is 23.2 Å². The third-order valence-corrected chi connectivity index (χ3v) is 16.9. The number of carbonyl (C=O) groups excluding carboxylic acids is 8. The highest BCUT2D eigenvalue weighted by atomic mass is 35.5. The number of ether oxygens (including phenoxy) is 8. The summed E-state index contributed by atoms with van der Waals surface area (Å²) in [4.78, 5) is 119. The van der Waals surface area contributed by atoms with Crippen LogP contribution in [0, 0.1) is 27.7 Å². The van der Waals surface area contributed by atoms with Crippen molar-refractivity contribution in [3.63, 3.8) is 0 Å². The summed E-state index contributed by atoms with van der Waals surface area (Å²) in [6, 6.07) is 31.9. The highest BCUT2D eigenvalue weighted by Gasteiger charge is 2.47. The fourth-order valence-electron chi connectivity index (χ4n) is 12.0. The molecule has 0 spiro atoms. The van der Waals surface area contributed by atoms with E-state index in [1.165, 1.54) is 24.3 Å². The molecule has 2 aliphatic heterocycles. The number of esters is 4. The van der Waals surface area contributed by atoms with Gasteiger partial charge in [-0.25, -0.2) is 19.2 Å². The minimum absolute atomic E-state index is 0.0174. The molecule has 2 heterocycles. The molecule has 9 aromatic carbocycles. The van der Waals surface area contributed by atoms with Gasteiger partial charge >= 0.3 is 23.9 Å². The molecule has 0 N–H and O–H groups in total. The molecule has 0 radical (unpaired) electrons. The monoisotopic (exact) mass is 1310 g/mol. The molecule has 11 rings (SSSR count). The van der Waals surface area contributed by atoms with Crippen LogP contribution in [0.3, 0.4) is 0 Å². The third-order valence-electron chi connectivity index (χ3n) is 16.6. The number of imide groups is 2. The van der Waals surface area contributed by atoms with Gasteiger partial charge in [-0.15, -0.1) is 0 Å². The first kappa shape index (κ1) is 65.2. The van der Waals surface area contributed by atoms with Crippen LogP contribution < -0.4 is 18.9 Å². The molecule has 0 fully saturated rings. The molecule has 2 atom stereocenters. The van der Waals surface area contributed by atoms with Crippen molar-refractivity contribution in [2.75, 3.05) is 26.4 Å². The van der Waals surface area contributed by atoms with E-state index >= 15 is 19.2 Å². The van der Waals surface area contributed by atoms with Crippen LogP contribution in [0.2, 0.25) is 0 Å². The van der Waals surface area contributed by atoms with Crippen LogP contribution in [-0.4, -0.2) is 95.8 Å². The highest BCUT2D eigenvalue weighted by molar-refractivity contribution is 6.45. The van der Waals surface area contributed by atoms with E-state index in [2.05, 4.69) is 13.2 Å². The first-order chi connectivity index (χ1) is 45.2. The van der Waals surface area contributed by atoms with E-state index in [1.54, 1.807) is 48.5 Å². The van der Waals surface area contributed by atoms with Crippen molar-refractivity contribution in [1.29, 1.82) is 0 Å². The van der Waals surface area contributed by atoms with Gasteiger partial charge in [0.2, 0.25) is 0 Å². The Morgan fingerprint density at radius 3 is 0.883 bits per heavy atom. The van der Waals surface area contributed by atoms with Gasteiger partial charge in [0.15, 0.2) is 0 Å². The predicted octanol–water partition coefficient (Wildman–Crippen LogP) is 16.1. The van der Waals surface area contributed by atoms with E-state index in [1.807, 2.05) is 90.1 Å². The number of halogens is 2. The molecule has 2 aliphatic rings. The maximum absolute atomic E-state index is 16.0. The first-order valence-electron chi connectivity index (χ1n) is 30.7. The number of amides is 4. The molecular weight excluding hydrogens is 1240 g/mol. The van der Waals surface area contributed by atoms with Gasteiger partial charge in [0, 0.05) is 43.1 Å². The molecule has 0 aromatic heterocycles. The number of benzene rings is 9. The summed E-state index contributed by atoms with van der Waals surface area (Å²) < 4.78 is 50.2. The van der Waals surface area contributed by atoms with E-state index in [9.17, 15) is 19.2 Å². The zero-order chi connectivity index (χ0) is 66.8. The van der Waals surface area contributed by atoms with Crippen LogP contribution in [-0.2, 0) is 38.1 Å². The first-order valence-corrected chi connectivity index (χ1v) is 31.4. The smallest absolute Gasteiger partial charge is 0.349 e. The maximum Gasteiger partial charge on any atom is 0.349 e. The second-order valence-corrected chi connectivity index (χ2v) is 23.8. The van der Waals surface area contributed by atoms with E-state index < -0.39 is 86.0 Å². The zero-order valence-electron chi connectivity index (χ0n) is 52.4. The molecule has 0 saturated carbocycles. The van der Waals surface area contributed by atoms with Gasteiger partial charge in [-0.05, 0) is 111 Å². The molecule has 2 unspecified atom stereocenters. The third kappa shape index (κ3) is 12.3. The fourth-order valence-corrected chi connectivity index (χ4v) is 12.1. The summed E-state index contributed by atoms with van der Waals surface area (Å²) in [5, 5.41) is 0.911. The lowest BCUT2D eigenvalue weighted by Gasteiger charge is -2.35. The lowest BCUT2D eigenvalue weighted by atomic mass is 9.80. The quantitative estimate of drug-likeness (QED) is 0.00936. The summed E-state index contributed by atoms with van der Waals surface area (Å²) in [5.41, 5.74) is 2.48. The minimum Gasteiger partial charge on any atom is -0.461 e. The van der Waals surface area contributed by atoms with Gasteiger partial charge in [0.25, 0.3) is 23.6 Å². The van der Waals surface area contributed by atoms with Gasteiger partial charge in [0.05, 0.1) is 22.3 Å². The second-order valence-electron chi connectivity index (χ2n) is 22.9. The van der Waals surface area contributed by atoms with Crippen molar-refractivity contribution < 1.29 is 76.3 Å². The highest BCUT2D eigenvalue weighted by Crippen LogP contribution is 2.58. The van der Waals surface area contributed by atoms with Crippen molar-refractivity contribution in [1.82, 2.24) is 9.80 Å². The lowest BCUT2D eigenvalue weighted by molar-refractivity contribution is -0.153. The molecule has 4 amide bonds. The van der Waals surface area contributed by atoms with E-state index in [-0.39, 0.29) is 111 Å². The van der Waals surface area contributed by atoms with Crippen LogP contribution in [0.1, 0.15) is 116 Å². The number of rotatable bonds is 26. The Hall–Kier alpha value is -10.3. The standard InChI is InChI=1S/C74H64Cl2N2O16/c1-9-11-25-49(73(85)89-33-31-87-71(83)43(7)75)77-67(79)45-35-55(91-51-27-17-13-21-39(51)3)61-63-57(93-53-29-19-15-23-41(53)5)37-47-60-48(70(82)78(69(47)81)50(26-12-10-2)74(86)90-34-32-88-72(84)44(8)76)38-58(94-54-30-20-16-24-42(54)6)64(66(60)63)62-56(92-52-28-18-14-22-40(52)4)36-46(68(77)80)59(45)65(61)62/h13-24,27-30,35-38,49-50H,7-12,25-26,31-34H2,1-6H3. The topological polar surface area (TPSA) is 217 Å². The van der Waals surface area contributed by atoms with Gasteiger partial charge in [0.1, 0.15) is 94.6 Å². The van der Waals surface area contributed by atoms with Gasteiger partial charge < -0.3 is 37.9 Å². The molecule has 0 aliphatic carbocycles. The molecule has 18 nitrogen and oxygen atoms in total. The van der Waals surface area contributed by atoms with E-state index in [0.29, 0.717) is 70.9 Å². The normalized spacial score (nSPS) is 13.3. The van der Waals surface area contributed by atoms with E-state index in [0.717, 1.165) is 9.80 Å². The summed E-state index contributed by atoms with van der Waals surface area (Å²) in [7, 11) is 0. The number of hydrogen-bond donors (Lipinski definition) is 0. The van der Waals surface area contributed by atoms with Crippen LogP contribution in [0.4, 0.5) is 0 Å². The lowest BCUT2D eigenvalue weighted by Crippen LogP contribution is -2.51. The fraction of sp³-hybridized carbons (Fsp3) is 0.243. The van der Waals surface area contributed by atoms with Gasteiger partial charge in [-0.1, -0.05) is 149 Å². The number of unbranched alkanes of at least 4 members (excludes halogenated alkanes) is 2. The minimum atomic E-state index is -1.50. The second kappa shape index (κ2) is 27.5. The SMILES string of the molecule is C=C(Cl)C(=O)OCCOC(=O)C(CCCC)N1C(=O)c2cc(Oc3ccccc3C)c3c4c(Oc5ccccc5C)cc5c6c(cc(Oc7ccccc7C)c(c7c(Oc8ccccc8C)cc(c2c37)C1=O)c64)C(=O)N(C(CCCC)C(=O)OCCOC(=O)C(=C)Cl)C5=O. The molecule has 0 bridgehead atoms. The van der Waals surface area contributed by atoms with Crippen molar-refractivity contribution in [2.24, 2.45) is 0 Å². The van der Waals surface area contributed by atoms with Crippen LogP contribution in [0.15, 0.2) is 145 Å². The summed E-state index contributed by atoms with van der Waals surface area (Å²) in [5.74, 6) is -5.69. The molecule has 0 saturated heterocycles. The zero-order valence-corrected chi connectivity index (χ0v) is 53.9. The van der Waals surface area contributed by atoms with Crippen LogP contribution in [0.5, 0.6) is 46.0 Å². The average molecular weight is 1310 g/mol. The number of nitrogens with zero attached hydrogens (tertiary/aromatic N) is 2. The number of para-hydroxylation sites is 4. The largest absolute Gasteiger partial charge is 0.461 e. The Labute approximate surface area is 550 Å². The molecule has 9 aromatic rings. The van der Waals surface area contributed by atoms with Crippen molar-refractivity contribution >= 4 is 114 Å². The van der Waals surface area contributed by atoms with Crippen molar-refractivity contribution in [3.8, 4) is 46.0 Å². The Morgan fingerprint density at radius 1 is 0.383 bits per heavy atom. The molecule has 480 valence electrons.